The van der Waals surface area contributed by atoms with Gasteiger partial charge in [0.2, 0.25) is 0 Å². The lowest BCUT2D eigenvalue weighted by Crippen LogP contribution is -2.36. The summed E-state index contributed by atoms with van der Waals surface area (Å²) in [5, 5.41) is 10.0. The van der Waals surface area contributed by atoms with Crippen LogP contribution in [-0.2, 0) is 13.1 Å². The summed E-state index contributed by atoms with van der Waals surface area (Å²) in [5.74, 6) is 0.660. The van der Waals surface area contributed by atoms with Crippen LogP contribution in [0.15, 0.2) is 76.3 Å². The molecule has 2 aromatic carbocycles. The van der Waals surface area contributed by atoms with Crippen LogP contribution in [-0.4, -0.2) is 18.9 Å². The maximum Gasteiger partial charge on any atom is 0.291 e. The van der Waals surface area contributed by atoms with Crippen molar-refractivity contribution in [3.63, 3.8) is 0 Å². The zero-order chi connectivity index (χ0) is 19.8. The zero-order valence-corrected chi connectivity index (χ0v) is 18.9. The smallest absolute Gasteiger partial charge is 0.291 e. The third-order valence-electron chi connectivity index (χ3n) is 3.96. The molecule has 0 bridgehead atoms. The minimum atomic E-state index is -0.283. The predicted molar refractivity (Wildman–Crippen MR) is 127 cm³/mol. The number of furan rings is 1. The van der Waals surface area contributed by atoms with E-state index in [1.807, 2.05) is 48.5 Å². The Balaban J connectivity index is 0.00000300. The van der Waals surface area contributed by atoms with Gasteiger partial charge in [-0.25, -0.2) is 0 Å². The SMILES string of the molecule is CN=C(NCc1cccc(Cl)c1)NCc1cccc(NC(=O)c2ccco2)c1.I. The molecule has 1 aromatic heterocycles. The Bertz CT molecular complexity index is 961. The first-order valence-corrected chi connectivity index (χ1v) is 9.14. The van der Waals surface area contributed by atoms with Crippen LogP contribution in [0.25, 0.3) is 0 Å². The summed E-state index contributed by atoms with van der Waals surface area (Å²) in [6.45, 7) is 1.17. The van der Waals surface area contributed by atoms with Crippen LogP contribution >= 0.6 is 35.6 Å². The fourth-order valence-corrected chi connectivity index (χ4v) is 2.81. The molecule has 3 N–H and O–H groups in total. The molecule has 29 heavy (non-hydrogen) atoms. The van der Waals surface area contributed by atoms with Crippen LogP contribution in [0, 0.1) is 0 Å². The molecule has 152 valence electrons. The fourth-order valence-electron chi connectivity index (χ4n) is 2.60. The van der Waals surface area contributed by atoms with Gasteiger partial charge in [0.15, 0.2) is 11.7 Å². The molecule has 3 rings (SSSR count). The minimum Gasteiger partial charge on any atom is -0.459 e. The Labute approximate surface area is 191 Å². The van der Waals surface area contributed by atoms with Gasteiger partial charge in [0.05, 0.1) is 6.26 Å². The number of rotatable bonds is 6. The number of hydrogen-bond acceptors (Lipinski definition) is 3. The van der Waals surface area contributed by atoms with Crippen molar-refractivity contribution in [3.8, 4) is 0 Å². The molecular formula is C21H22ClIN4O2. The number of hydrogen-bond donors (Lipinski definition) is 3. The van der Waals surface area contributed by atoms with Crippen molar-refractivity contribution < 1.29 is 9.21 Å². The number of amides is 1. The summed E-state index contributed by atoms with van der Waals surface area (Å²) in [6, 6.07) is 18.6. The summed E-state index contributed by atoms with van der Waals surface area (Å²) in [4.78, 5) is 16.3. The van der Waals surface area contributed by atoms with E-state index in [0.717, 1.165) is 11.1 Å². The van der Waals surface area contributed by atoms with Crippen LogP contribution < -0.4 is 16.0 Å². The topological polar surface area (TPSA) is 78.7 Å². The summed E-state index contributed by atoms with van der Waals surface area (Å²) in [5.41, 5.74) is 2.77. The highest BCUT2D eigenvalue weighted by Gasteiger charge is 2.09. The van der Waals surface area contributed by atoms with E-state index < -0.39 is 0 Å². The number of guanidine groups is 1. The molecule has 1 heterocycles. The number of benzene rings is 2. The fraction of sp³-hybridized carbons (Fsp3) is 0.143. The van der Waals surface area contributed by atoms with Gasteiger partial charge in [-0.2, -0.15) is 0 Å². The molecule has 1 amide bonds. The third-order valence-corrected chi connectivity index (χ3v) is 4.20. The second-order valence-electron chi connectivity index (χ2n) is 6.04. The van der Waals surface area contributed by atoms with Gasteiger partial charge in [0.1, 0.15) is 0 Å². The van der Waals surface area contributed by atoms with Gasteiger partial charge >= 0.3 is 0 Å². The Morgan fingerprint density at radius 2 is 1.69 bits per heavy atom. The van der Waals surface area contributed by atoms with Gasteiger partial charge in [-0.1, -0.05) is 35.9 Å². The predicted octanol–water partition coefficient (Wildman–Crippen LogP) is 4.67. The van der Waals surface area contributed by atoms with Gasteiger partial charge in [0, 0.05) is 30.8 Å². The molecule has 0 aliphatic carbocycles. The maximum absolute atomic E-state index is 12.1. The van der Waals surface area contributed by atoms with Crippen molar-refractivity contribution in [2.45, 2.75) is 13.1 Å². The molecule has 0 fully saturated rings. The molecule has 8 heteroatoms. The molecule has 0 aliphatic rings. The second-order valence-corrected chi connectivity index (χ2v) is 6.48. The van der Waals surface area contributed by atoms with Gasteiger partial charge in [-0.3, -0.25) is 9.79 Å². The lowest BCUT2D eigenvalue weighted by molar-refractivity contribution is 0.0996. The van der Waals surface area contributed by atoms with Crippen LogP contribution in [0.1, 0.15) is 21.7 Å². The summed E-state index contributed by atoms with van der Waals surface area (Å²) in [6.07, 6.45) is 1.47. The van der Waals surface area contributed by atoms with E-state index in [1.54, 1.807) is 19.2 Å². The van der Waals surface area contributed by atoms with E-state index in [2.05, 4.69) is 20.9 Å². The summed E-state index contributed by atoms with van der Waals surface area (Å²) >= 11 is 6.01. The number of carbonyl (C=O) groups excluding carboxylic acids is 1. The molecule has 0 aliphatic heterocycles. The van der Waals surface area contributed by atoms with E-state index in [0.29, 0.717) is 29.8 Å². The highest BCUT2D eigenvalue weighted by Crippen LogP contribution is 2.13. The Kier molecular flexibility index (Phi) is 9.01. The summed E-state index contributed by atoms with van der Waals surface area (Å²) < 4.78 is 5.11. The minimum absolute atomic E-state index is 0. The highest BCUT2D eigenvalue weighted by molar-refractivity contribution is 14.0. The molecule has 0 spiro atoms. The van der Waals surface area contributed by atoms with Crippen LogP contribution in [0.2, 0.25) is 5.02 Å². The molecular weight excluding hydrogens is 503 g/mol. The molecule has 0 atom stereocenters. The monoisotopic (exact) mass is 524 g/mol. The lowest BCUT2D eigenvalue weighted by atomic mass is 10.2. The lowest BCUT2D eigenvalue weighted by Gasteiger charge is -2.13. The van der Waals surface area contributed by atoms with Crippen LogP contribution in [0.5, 0.6) is 0 Å². The largest absolute Gasteiger partial charge is 0.459 e. The first-order chi connectivity index (χ1) is 13.6. The van der Waals surface area contributed by atoms with Crippen molar-refractivity contribution >= 4 is 53.1 Å². The van der Waals surface area contributed by atoms with Crippen molar-refractivity contribution in [1.82, 2.24) is 10.6 Å². The first kappa shape index (κ1) is 22.8. The molecule has 3 aromatic rings. The molecule has 0 saturated carbocycles. The Morgan fingerprint density at radius 1 is 1.00 bits per heavy atom. The van der Waals surface area contributed by atoms with Gasteiger partial charge < -0.3 is 20.4 Å². The Morgan fingerprint density at radius 3 is 2.31 bits per heavy atom. The molecule has 0 radical (unpaired) electrons. The number of nitrogens with zero attached hydrogens (tertiary/aromatic N) is 1. The Hall–Kier alpha value is -2.52. The van der Waals surface area contributed by atoms with Gasteiger partial charge in [0.25, 0.3) is 5.91 Å². The number of nitrogens with one attached hydrogen (secondary N) is 3. The van der Waals surface area contributed by atoms with Gasteiger partial charge in [-0.15, -0.1) is 24.0 Å². The summed E-state index contributed by atoms with van der Waals surface area (Å²) in [7, 11) is 1.72. The van der Waals surface area contributed by atoms with Crippen LogP contribution in [0.3, 0.4) is 0 Å². The van der Waals surface area contributed by atoms with E-state index in [-0.39, 0.29) is 35.6 Å². The normalized spacial score (nSPS) is 10.8. The number of carbonyl (C=O) groups is 1. The number of anilines is 1. The average Bonchev–Trinajstić information content (AvgIpc) is 3.23. The zero-order valence-electron chi connectivity index (χ0n) is 15.8. The van der Waals surface area contributed by atoms with Crippen molar-refractivity contribution in [1.29, 1.82) is 0 Å². The molecule has 6 nitrogen and oxygen atoms in total. The quantitative estimate of drug-likeness (QED) is 0.249. The van der Waals surface area contributed by atoms with E-state index in [1.165, 1.54) is 6.26 Å². The average molecular weight is 525 g/mol. The van der Waals surface area contributed by atoms with E-state index in [9.17, 15) is 4.79 Å². The van der Waals surface area contributed by atoms with E-state index >= 15 is 0 Å². The first-order valence-electron chi connectivity index (χ1n) is 8.77. The highest BCUT2D eigenvalue weighted by atomic mass is 127. The standard InChI is InChI=1S/C21H21ClN4O2.HI/c1-23-21(24-13-15-5-2-7-17(22)11-15)25-14-16-6-3-8-18(12-16)26-20(27)19-9-4-10-28-19;/h2-12H,13-14H2,1H3,(H,26,27)(H2,23,24,25);1H. The number of aliphatic imine (C=N–C) groups is 1. The maximum atomic E-state index is 12.1. The van der Waals surface area contributed by atoms with Crippen molar-refractivity contribution in [2.75, 3.05) is 12.4 Å². The van der Waals surface area contributed by atoms with Crippen molar-refractivity contribution in [2.24, 2.45) is 4.99 Å². The molecule has 0 saturated heterocycles. The van der Waals surface area contributed by atoms with Gasteiger partial charge in [-0.05, 0) is 47.5 Å². The van der Waals surface area contributed by atoms with Crippen molar-refractivity contribution in [3.05, 3.63) is 88.8 Å². The van der Waals surface area contributed by atoms with E-state index in [4.69, 9.17) is 16.0 Å². The number of halogens is 2. The second kappa shape index (κ2) is 11.5. The third kappa shape index (κ3) is 7.10. The molecule has 0 unspecified atom stereocenters. The van der Waals surface area contributed by atoms with Crippen LogP contribution in [0.4, 0.5) is 5.69 Å².